The first-order valence-electron chi connectivity index (χ1n) is 14.5. The number of piperidine rings is 1. The molecule has 2 aliphatic rings. The summed E-state index contributed by atoms with van der Waals surface area (Å²) in [5, 5.41) is 5.11. The topological polar surface area (TPSA) is 41.6 Å². The summed E-state index contributed by atoms with van der Waals surface area (Å²) in [4.78, 5) is 16.2. The SMILES string of the molecule is O=C1Nc2ccccc2C1(CCN1CCC(COCc2ccc(Cl)c(Cl)c2)(c2ccccc2)CC1)c1ccc(Cl)c(Cl)c1. The molecule has 1 N–H and O–H groups in total. The van der Waals surface area contributed by atoms with Crippen molar-refractivity contribution in [1.82, 2.24) is 4.90 Å². The number of halogens is 4. The number of benzene rings is 4. The molecular formula is C35H32Cl4N2O2. The lowest BCUT2D eigenvalue weighted by molar-refractivity contribution is -0.119. The van der Waals surface area contributed by atoms with Crippen molar-refractivity contribution >= 4 is 58.0 Å². The van der Waals surface area contributed by atoms with Crippen molar-refractivity contribution in [2.24, 2.45) is 0 Å². The van der Waals surface area contributed by atoms with E-state index in [1.165, 1.54) is 5.56 Å². The van der Waals surface area contributed by atoms with E-state index in [1.54, 1.807) is 6.07 Å². The molecule has 6 rings (SSSR count). The average Bonchev–Trinajstić information content (AvgIpc) is 3.32. The van der Waals surface area contributed by atoms with Gasteiger partial charge < -0.3 is 15.0 Å². The Balaban J connectivity index is 1.19. The minimum atomic E-state index is -0.845. The molecule has 0 aromatic heterocycles. The second kappa shape index (κ2) is 12.8. The van der Waals surface area contributed by atoms with Crippen LogP contribution in [0.3, 0.4) is 0 Å². The number of anilines is 1. The maximum Gasteiger partial charge on any atom is 0.239 e. The number of amides is 1. The third kappa shape index (κ3) is 6.07. The van der Waals surface area contributed by atoms with Crippen LogP contribution in [0.2, 0.25) is 20.1 Å². The van der Waals surface area contributed by atoms with Crippen LogP contribution in [0.1, 0.15) is 41.5 Å². The zero-order valence-corrected chi connectivity index (χ0v) is 26.6. The van der Waals surface area contributed by atoms with Gasteiger partial charge in [0.05, 0.1) is 33.3 Å². The smallest absolute Gasteiger partial charge is 0.239 e. The lowest BCUT2D eigenvalue weighted by atomic mass is 9.71. The summed E-state index contributed by atoms with van der Waals surface area (Å²) < 4.78 is 6.34. The van der Waals surface area contributed by atoms with E-state index in [1.807, 2.05) is 54.6 Å². The van der Waals surface area contributed by atoms with E-state index in [2.05, 4.69) is 40.5 Å². The fourth-order valence-corrected chi connectivity index (χ4v) is 7.21. The van der Waals surface area contributed by atoms with Crippen molar-refractivity contribution in [3.63, 3.8) is 0 Å². The van der Waals surface area contributed by atoms with Crippen LogP contribution in [-0.2, 0) is 27.0 Å². The van der Waals surface area contributed by atoms with Crippen LogP contribution < -0.4 is 5.32 Å². The molecule has 1 saturated heterocycles. The molecule has 2 heterocycles. The minimum Gasteiger partial charge on any atom is -0.376 e. The van der Waals surface area contributed by atoms with Gasteiger partial charge in [0.1, 0.15) is 5.41 Å². The molecular weight excluding hydrogens is 622 g/mol. The molecule has 8 heteroatoms. The van der Waals surface area contributed by atoms with Crippen molar-refractivity contribution in [2.75, 3.05) is 31.6 Å². The Morgan fingerprint density at radius 3 is 2.14 bits per heavy atom. The van der Waals surface area contributed by atoms with Gasteiger partial charge in [-0.25, -0.2) is 0 Å². The zero-order chi connectivity index (χ0) is 30.0. The van der Waals surface area contributed by atoms with Crippen molar-refractivity contribution in [1.29, 1.82) is 0 Å². The Kier molecular flexibility index (Phi) is 9.07. The third-order valence-electron chi connectivity index (χ3n) is 9.07. The average molecular weight is 654 g/mol. The van der Waals surface area contributed by atoms with Crippen LogP contribution in [0.5, 0.6) is 0 Å². The van der Waals surface area contributed by atoms with Crippen LogP contribution in [-0.4, -0.2) is 37.0 Å². The number of ether oxygens (including phenoxy) is 1. The summed E-state index contributed by atoms with van der Waals surface area (Å²) in [5.74, 6) is -0.0292. The largest absolute Gasteiger partial charge is 0.376 e. The first-order valence-corrected chi connectivity index (χ1v) is 16.0. The first kappa shape index (κ1) is 30.5. The Labute approximate surface area is 272 Å². The maximum atomic E-state index is 13.7. The molecule has 4 nitrogen and oxygen atoms in total. The monoisotopic (exact) mass is 652 g/mol. The number of hydrogen-bond acceptors (Lipinski definition) is 3. The Morgan fingerprint density at radius 1 is 0.744 bits per heavy atom. The molecule has 1 unspecified atom stereocenters. The predicted octanol–water partition coefficient (Wildman–Crippen LogP) is 9.18. The maximum absolute atomic E-state index is 13.7. The number of nitrogens with one attached hydrogen (secondary N) is 1. The van der Waals surface area contributed by atoms with Crippen LogP contribution >= 0.6 is 46.4 Å². The molecule has 0 radical (unpaired) electrons. The summed E-state index contributed by atoms with van der Waals surface area (Å²) >= 11 is 25.1. The molecule has 4 aromatic carbocycles. The minimum absolute atomic E-state index is 0.0292. The second-order valence-electron chi connectivity index (χ2n) is 11.5. The quantitative estimate of drug-likeness (QED) is 0.196. The number of carbonyl (C=O) groups excluding carboxylic acids is 1. The molecule has 2 aliphatic heterocycles. The molecule has 1 amide bonds. The molecule has 1 fully saturated rings. The fraction of sp³-hybridized carbons (Fsp3) is 0.286. The Morgan fingerprint density at radius 2 is 1.42 bits per heavy atom. The standard InChI is InChI=1S/C35H32Cl4N2O2/c36-28-12-10-24(20-30(28)38)22-43-23-34(25-6-2-1-3-7-25)14-17-41(18-15-34)19-16-35(26-11-13-29(37)31(39)21-26)27-8-4-5-9-32(27)40-33(35)42/h1-13,20-21H,14-19,22-23H2,(H,40,42). The Hall–Kier alpha value is -2.57. The van der Waals surface area contributed by atoms with Gasteiger partial charge in [-0.1, -0.05) is 107 Å². The summed E-state index contributed by atoms with van der Waals surface area (Å²) in [6.07, 6.45) is 2.52. The highest BCUT2D eigenvalue weighted by atomic mass is 35.5. The third-order valence-corrected chi connectivity index (χ3v) is 10.5. The van der Waals surface area contributed by atoms with E-state index in [0.717, 1.165) is 54.9 Å². The van der Waals surface area contributed by atoms with Gasteiger partial charge in [0, 0.05) is 11.1 Å². The van der Waals surface area contributed by atoms with Crippen molar-refractivity contribution in [2.45, 2.75) is 36.7 Å². The molecule has 0 spiro atoms. The van der Waals surface area contributed by atoms with Crippen LogP contribution in [0, 0.1) is 0 Å². The molecule has 0 aliphatic carbocycles. The van der Waals surface area contributed by atoms with Gasteiger partial charge in [-0.2, -0.15) is 0 Å². The number of para-hydroxylation sites is 1. The van der Waals surface area contributed by atoms with E-state index >= 15 is 0 Å². The van der Waals surface area contributed by atoms with Crippen LogP contribution in [0.4, 0.5) is 5.69 Å². The number of nitrogens with zero attached hydrogens (tertiary/aromatic N) is 1. The highest BCUT2D eigenvalue weighted by Crippen LogP contribution is 2.47. The van der Waals surface area contributed by atoms with E-state index in [-0.39, 0.29) is 11.3 Å². The van der Waals surface area contributed by atoms with E-state index in [4.69, 9.17) is 51.1 Å². The van der Waals surface area contributed by atoms with Gasteiger partial charge in [-0.15, -0.1) is 0 Å². The molecule has 222 valence electrons. The molecule has 43 heavy (non-hydrogen) atoms. The number of rotatable bonds is 9. The zero-order valence-electron chi connectivity index (χ0n) is 23.6. The molecule has 0 saturated carbocycles. The van der Waals surface area contributed by atoms with Crippen molar-refractivity contribution in [3.8, 4) is 0 Å². The van der Waals surface area contributed by atoms with E-state index in [9.17, 15) is 4.79 Å². The summed E-state index contributed by atoms with van der Waals surface area (Å²) in [6.45, 7) is 3.62. The molecule has 1 atom stereocenters. The van der Waals surface area contributed by atoms with Crippen molar-refractivity contribution < 1.29 is 9.53 Å². The van der Waals surface area contributed by atoms with E-state index < -0.39 is 5.41 Å². The first-order chi connectivity index (χ1) is 20.8. The number of carbonyl (C=O) groups is 1. The number of hydrogen-bond donors (Lipinski definition) is 1. The van der Waals surface area contributed by atoms with E-state index in [0.29, 0.717) is 39.7 Å². The number of fused-ring (bicyclic) bond motifs is 1. The van der Waals surface area contributed by atoms with Crippen LogP contribution in [0.25, 0.3) is 0 Å². The number of likely N-dealkylation sites (tertiary alicyclic amines) is 1. The normalized spacial score (nSPS) is 19.7. The summed E-state index contributed by atoms with van der Waals surface area (Å²) in [7, 11) is 0. The fourth-order valence-electron chi connectivity index (χ4n) is 6.59. The van der Waals surface area contributed by atoms with Gasteiger partial charge in [0.15, 0.2) is 0 Å². The lowest BCUT2D eigenvalue weighted by Gasteiger charge is -2.43. The summed E-state index contributed by atoms with van der Waals surface area (Å²) in [5.41, 5.74) is 4.02. The summed E-state index contributed by atoms with van der Waals surface area (Å²) in [6, 6.07) is 29.8. The highest BCUT2D eigenvalue weighted by molar-refractivity contribution is 6.42. The van der Waals surface area contributed by atoms with Gasteiger partial charge in [-0.05, 0) is 91.5 Å². The van der Waals surface area contributed by atoms with Gasteiger partial charge in [0.2, 0.25) is 5.91 Å². The van der Waals surface area contributed by atoms with Gasteiger partial charge in [-0.3, -0.25) is 4.79 Å². The van der Waals surface area contributed by atoms with Crippen molar-refractivity contribution in [3.05, 3.63) is 133 Å². The van der Waals surface area contributed by atoms with Gasteiger partial charge in [0.25, 0.3) is 0 Å². The lowest BCUT2D eigenvalue weighted by Crippen LogP contribution is -2.47. The second-order valence-corrected chi connectivity index (χ2v) is 13.1. The van der Waals surface area contributed by atoms with Crippen LogP contribution in [0.15, 0.2) is 91.0 Å². The highest BCUT2D eigenvalue weighted by Gasteiger charge is 2.48. The predicted molar refractivity (Wildman–Crippen MR) is 177 cm³/mol. The van der Waals surface area contributed by atoms with Gasteiger partial charge >= 0.3 is 0 Å². The molecule has 0 bridgehead atoms. The molecule has 4 aromatic rings. The Bertz CT molecular complexity index is 1620.